The summed E-state index contributed by atoms with van der Waals surface area (Å²) in [6, 6.07) is 13.8. The summed E-state index contributed by atoms with van der Waals surface area (Å²) in [6.07, 6.45) is 1.33. The molecule has 2 aromatic carbocycles. The van der Waals surface area contributed by atoms with Gasteiger partial charge in [-0.1, -0.05) is 12.1 Å². The highest BCUT2D eigenvalue weighted by molar-refractivity contribution is 7.92. The Morgan fingerprint density at radius 1 is 1.00 bits per heavy atom. The van der Waals surface area contributed by atoms with Gasteiger partial charge in [0, 0.05) is 11.4 Å². The average Bonchev–Trinajstić information content (AvgIpc) is 2.50. The minimum absolute atomic E-state index is 0.150. The summed E-state index contributed by atoms with van der Waals surface area (Å²) in [6.45, 7) is 2.52. The Balaban J connectivity index is 1.92. The smallest absolute Gasteiger partial charge is 0.229 e. The fraction of sp³-hybridized carbons (Fsp3) is 0.235. The van der Waals surface area contributed by atoms with Gasteiger partial charge < -0.3 is 10.1 Å². The number of nitrogens with one attached hydrogen (secondary N) is 2. The first kappa shape index (κ1) is 17.8. The van der Waals surface area contributed by atoms with Crippen LogP contribution in [0.15, 0.2) is 48.5 Å². The lowest BCUT2D eigenvalue weighted by molar-refractivity contribution is -0.115. The fourth-order valence-corrected chi connectivity index (χ4v) is 2.66. The van der Waals surface area contributed by atoms with Crippen molar-refractivity contribution in [2.75, 3.05) is 22.9 Å². The summed E-state index contributed by atoms with van der Waals surface area (Å²) in [5, 5.41) is 2.77. The zero-order chi connectivity index (χ0) is 17.6. The van der Waals surface area contributed by atoms with E-state index in [1.807, 2.05) is 31.2 Å². The molecule has 2 aromatic rings. The molecule has 6 nitrogen and oxygen atoms in total. The number of anilines is 2. The number of benzene rings is 2. The van der Waals surface area contributed by atoms with Crippen LogP contribution >= 0.6 is 0 Å². The van der Waals surface area contributed by atoms with Gasteiger partial charge in [-0.15, -0.1) is 0 Å². The topological polar surface area (TPSA) is 84.5 Å². The molecule has 2 rings (SSSR count). The quantitative estimate of drug-likeness (QED) is 0.805. The third kappa shape index (κ3) is 5.92. The lowest BCUT2D eigenvalue weighted by Gasteiger charge is -2.08. The normalized spacial score (nSPS) is 10.9. The minimum Gasteiger partial charge on any atom is -0.494 e. The predicted octanol–water partition coefficient (Wildman–Crippen LogP) is 2.64. The highest BCUT2D eigenvalue weighted by Gasteiger charge is 2.06. The Hall–Kier alpha value is -2.54. The number of carbonyl (C=O) groups excluding carboxylic acids is 1. The Morgan fingerprint density at radius 3 is 2.12 bits per heavy atom. The van der Waals surface area contributed by atoms with Crippen LogP contribution in [0.3, 0.4) is 0 Å². The molecule has 128 valence electrons. The molecule has 0 aliphatic carbocycles. The van der Waals surface area contributed by atoms with Crippen LogP contribution in [-0.2, 0) is 21.2 Å². The second-order valence-electron chi connectivity index (χ2n) is 5.25. The zero-order valence-corrected chi connectivity index (χ0v) is 14.4. The van der Waals surface area contributed by atoms with Gasteiger partial charge in [0.15, 0.2) is 0 Å². The monoisotopic (exact) mass is 348 g/mol. The molecule has 0 atom stereocenters. The van der Waals surface area contributed by atoms with Crippen molar-refractivity contribution in [3.8, 4) is 5.75 Å². The van der Waals surface area contributed by atoms with Crippen LogP contribution in [0.4, 0.5) is 11.4 Å². The van der Waals surface area contributed by atoms with Gasteiger partial charge >= 0.3 is 0 Å². The van der Waals surface area contributed by atoms with Crippen LogP contribution in [-0.4, -0.2) is 27.2 Å². The van der Waals surface area contributed by atoms with Gasteiger partial charge in [-0.2, -0.15) is 0 Å². The maximum Gasteiger partial charge on any atom is 0.229 e. The molecular weight excluding hydrogens is 328 g/mol. The van der Waals surface area contributed by atoms with E-state index in [0.29, 0.717) is 18.0 Å². The van der Waals surface area contributed by atoms with Gasteiger partial charge in [0.05, 0.1) is 19.3 Å². The van der Waals surface area contributed by atoms with Crippen molar-refractivity contribution in [3.63, 3.8) is 0 Å². The summed E-state index contributed by atoms with van der Waals surface area (Å²) in [5.74, 6) is 0.624. The first-order valence-electron chi connectivity index (χ1n) is 7.45. The summed E-state index contributed by atoms with van der Waals surface area (Å²) in [7, 11) is -3.31. The molecule has 24 heavy (non-hydrogen) atoms. The average molecular weight is 348 g/mol. The Labute approximate surface area is 141 Å². The van der Waals surface area contributed by atoms with Gasteiger partial charge in [0.1, 0.15) is 5.75 Å². The van der Waals surface area contributed by atoms with Crippen molar-refractivity contribution in [2.24, 2.45) is 0 Å². The largest absolute Gasteiger partial charge is 0.494 e. The zero-order valence-electron chi connectivity index (χ0n) is 13.6. The standard InChI is InChI=1S/C17H20N2O4S/c1-3-23-16-10-4-13(5-11-16)12-17(20)18-14-6-8-15(9-7-14)19-24(2,21)22/h4-11,19H,3,12H2,1-2H3,(H,18,20). The van der Waals surface area contributed by atoms with Crippen LogP contribution in [0, 0.1) is 0 Å². The minimum atomic E-state index is -3.31. The second-order valence-corrected chi connectivity index (χ2v) is 7.00. The van der Waals surface area contributed by atoms with Crippen LogP contribution < -0.4 is 14.8 Å². The van der Waals surface area contributed by atoms with E-state index < -0.39 is 10.0 Å². The molecule has 7 heteroatoms. The van der Waals surface area contributed by atoms with Crippen molar-refractivity contribution in [1.29, 1.82) is 0 Å². The molecule has 2 N–H and O–H groups in total. The molecule has 0 unspecified atom stereocenters. The molecular formula is C17H20N2O4S. The predicted molar refractivity (Wildman–Crippen MR) is 94.9 cm³/mol. The van der Waals surface area contributed by atoms with Gasteiger partial charge in [0.25, 0.3) is 0 Å². The summed E-state index contributed by atoms with van der Waals surface area (Å²) in [4.78, 5) is 12.1. The molecule has 0 aromatic heterocycles. The maximum absolute atomic E-state index is 12.1. The van der Waals surface area contributed by atoms with Crippen LogP contribution in [0.1, 0.15) is 12.5 Å². The van der Waals surface area contributed by atoms with Crippen LogP contribution in [0.5, 0.6) is 5.75 Å². The Morgan fingerprint density at radius 2 is 1.58 bits per heavy atom. The molecule has 0 bridgehead atoms. The number of rotatable bonds is 7. The Kier molecular flexibility index (Phi) is 5.81. The van der Waals surface area contributed by atoms with E-state index in [4.69, 9.17) is 4.74 Å². The van der Waals surface area contributed by atoms with Gasteiger partial charge in [0.2, 0.25) is 15.9 Å². The first-order chi connectivity index (χ1) is 11.4. The Bertz CT molecular complexity index is 784. The van der Waals surface area contributed by atoms with E-state index in [-0.39, 0.29) is 12.3 Å². The van der Waals surface area contributed by atoms with Gasteiger partial charge in [-0.05, 0) is 48.9 Å². The molecule has 0 heterocycles. The SMILES string of the molecule is CCOc1ccc(CC(=O)Nc2ccc(NS(C)(=O)=O)cc2)cc1. The molecule has 0 fully saturated rings. The van der Waals surface area contributed by atoms with Crippen molar-refractivity contribution < 1.29 is 17.9 Å². The third-order valence-electron chi connectivity index (χ3n) is 3.07. The van der Waals surface area contributed by atoms with Crippen molar-refractivity contribution >= 4 is 27.3 Å². The number of sulfonamides is 1. The van der Waals surface area contributed by atoms with E-state index in [1.165, 1.54) is 0 Å². The molecule has 0 spiro atoms. The molecule has 0 aliphatic rings. The van der Waals surface area contributed by atoms with Crippen LogP contribution in [0.2, 0.25) is 0 Å². The van der Waals surface area contributed by atoms with E-state index in [0.717, 1.165) is 17.6 Å². The fourth-order valence-electron chi connectivity index (χ4n) is 2.10. The third-order valence-corrected chi connectivity index (χ3v) is 3.68. The van der Waals surface area contributed by atoms with E-state index >= 15 is 0 Å². The molecule has 0 aliphatic heterocycles. The lowest BCUT2D eigenvalue weighted by Crippen LogP contribution is -2.14. The maximum atomic E-state index is 12.1. The molecule has 0 saturated heterocycles. The number of carbonyl (C=O) groups is 1. The van der Waals surface area contributed by atoms with Crippen LogP contribution in [0.25, 0.3) is 0 Å². The van der Waals surface area contributed by atoms with Gasteiger partial charge in [-0.3, -0.25) is 9.52 Å². The lowest BCUT2D eigenvalue weighted by atomic mass is 10.1. The number of hydrogen-bond donors (Lipinski definition) is 2. The summed E-state index contributed by atoms with van der Waals surface area (Å²) >= 11 is 0. The number of hydrogen-bond acceptors (Lipinski definition) is 4. The van der Waals surface area contributed by atoms with Crippen molar-refractivity contribution in [1.82, 2.24) is 0 Å². The summed E-state index contributed by atoms with van der Waals surface area (Å²) in [5.41, 5.74) is 1.93. The second kappa shape index (κ2) is 7.83. The van der Waals surface area contributed by atoms with Crippen molar-refractivity contribution in [3.05, 3.63) is 54.1 Å². The van der Waals surface area contributed by atoms with E-state index in [9.17, 15) is 13.2 Å². The highest BCUT2D eigenvalue weighted by Crippen LogP contribution is 2.16. The molecule has 1 amide bonds. The van der Waals surface area contributed by atoms with Gasteiger partial charge in [-0.25, -0.2) is 8.42 Å². The van der Waals surface area contributed by atoms with E-state index in [2.05, 4.69) is 10.0 Å². The first-order valence-corrected chi connectivity index (χ1v) is 9.34. The summed E-state index contributed by atoms with van der Waals surface area (Å²) < 4.78 is 30.0. The molecule has 0 radical (unpaired) electrons. The number of ether oxygens (including phenoxy) is 1. The highest BCUT2D eigenvalue weighted by atomic mass is 32.2. The number of amides is 1. The molecule has 0 saturated carbocycles. The van der Waals surface area contributed by atoms with Crippen molar-refractivity contribution in [2.45, 2.75) is 13.3 Å². The van der Waals surface area contributed by atoms with E-state index in [1.54, 1.807) is 24.3 Å².